The molecule has 0 fully saturated rings. The Morgan fingerprint density at radius 3 is 2.35 bits per heavy atom. The summed E-state index contributed by atoms with van der Waals surface area (Å²) in [7, 11) is 0. The summed E-state index contributed by atoms with van der Waals surface area (Å²) in [6.07, 6.45) is 3.39. The zero-order valence-electron chi connectivity index (χ0n) is 18.7. The van der Waals surface area contributed by atoms with Crippen molar-refractivity contribution >= 4 is 40.6 Å². The molecule has 0 saturated carbocycles. The Hall–Kier alpha value is -3.42. The number of hydrogen-bond acceptors (Lipinski definition) is 3. The summed E-state index contributed by atoms with van der Waals surface area (Å²) in [6.45, 7) is 6.16. The van der Waals surface area contributed by atoms with Crippen LogP contribution in [0.15, 0.2) is 60.9 Å². The highest BCUT2D eigenvalue weighted by Gasteiger charge is 2.23. The fraction of sp³-hybridized carbons (Fsp3) is 0.160. The maximum Gasteiger partial charge on any atom is 0.323 e. The molecule has 3 N–H and O–H groups in total. The first kappa shape index (κ1) is 23.7. The summed E-state index contributed by atoms with van der Waals surface area (Å²) in [5.74, 6) is 0.204. The Balaban J connectivity index is 1.67. The predicted octanol–water partition coefficient (Wildman–Crippen LogP) is 7.53. The first-order valence-corrected chi connectivity index (χ1v) is 11.2. The third-order valence-electron chi connectivity index (χ3n) is 5.05. The molecule has 0 aliphatic rings. The van der Waals surface area contributed by atoms with E-state index in [9.17, 15) is 9.18 Å². The number of urea groups is 1. The highest BCUT2D eigenvalue weighted by Crippen LogP contribution is 2.35. The van der Waals surface area contributed by atoms with Crippen LogP contribution >= 0.6 is 23.2 Å². The molecule has 174 valence electrons. The van der Waals surface area contributed by atoms with Gasteiger partial charge in [-0.3, -0.25) is 4.98 Å². The molecule has 0 radical (unpaired) electrons. The number of nitrogens with zero attached hydrogens (tertiary/aromatic N) is 2. The predicted molar refractivity (Wildman–Crippen MR) is 135 cm³/mol. The van der Waals surface area contributed by atoms with Gasteiger partial charge in [-0.25, -0.2) is 14.2 Å². The van der Waals surface area contributed by atoms with Crippen molar-refractivity contribution in [2.45, 2.75) is 26.2 Å². The van der Waals surface area contributed by atoms with Crippen LogP contribution in [0.2, 0.25) is 10.0 Å². The van der Waals surface area contributed by atoms with Gasteiger partial charge in [-0.05, 0) is 48.5 Å². The number of anilines is 2. The third kappa shape index (κ3) is 5.21. The summed E-state index contributed by atoms with van der Waals surface area (Å²) >= 11 is 11.9. The van der Waals surface area contributed by atoms with Crippen molar-refractivity contribution in [3.8, 4) is 22.5 Å². The molecule has 6 nitrogen and oxygen atoms in total. The fourth-order valence-corrected chi connectivity index (χ4v) is 3.59. The summed E-state index contributed by atoms with van der Waals surface area (Å²) in [6, 6.07) is 12.3. The van der Waals surface area contributed by atoms with E-state index in [-0.39, 0.29) is 11.1 Å². The second-order valence-electron chi connectivity index (χ2n) is 8.70. The van der Waals surface area contributed by atoms with Crippen LogP contribution in [0.3, 0.4) is 0 Å². The highest BCUT2D eigenvalue weighted by molar-refractivity contribution is 6.42. The van der Waals surface area contributed by atoms with Crippen molar-refractivity contribution in [2.24, 2.45) is 0 Å². The number of nitrogens with one attached hydrogen (secondary N) is 3. The molecule has 2 aromatic carbocycles. The number of hydrogen-bond donors (Lipinski definition) is 3. The number of imidazole rings is 1. The van der Waals surface area contributed by atoms with Crippen LogP contribution in [-0.2, 0) is 5.41 Å². The van der Waals surface area contributed by atoms with Crippen LogP contribution in [-0.4, -0.2) is 21.0 Å². The quantitative estimate of drug-likeness (QED) is 0.272. The van der Waals surface area contributed by atoms with Crippen LogP contribution in [0.1, 0.15) is 26.6 Å². The van der Waals surface area contributed by atoms with Gasteiger partial charge in [0.2, 0.25) is 0 Å². The maximum absolute atomic E-state index is 14.6. The molecule has 2 amide bonds. The lowest BCUT2D eigenvalue weighted by molar-refractivity contribution is 0.262. The summed E-state index contributed by atoms with van der Waals surface area (Å²) in [5, 5.41) is 5.83. The first-order valence-electron chi connectivity index (χ1n) is 10.5. The molecule has 0 spiro atoms. The SMILES string of the molecule is CC(C)(C)c1nc(-c2ccc(F)c(NC(=O)Nc3ccc(Cl)c(Cl)c3)c2)c(-c2ccncc2)[nH]1. The fourth-order valence-electron chi connectivity index (χ4n) is 3.29. The number of pyridine rings is 1. The van der Waals surface area contributed by atoms with Gasteiger partial charge in [0.15, 0.2) is 0 Å². The lowest BCUT2D eigenvalue weighted by Crippen LogP contribution is -2.20. The van der Waals surface area contributed by atoms with E-state index in [1.165, 1.54) is 12.1 Å². The molecule has 34 heavy (non-hydrogen) atoms. The monoisotopic (exact) mass is 497 g/mol. The molecule has 9 heteroatoms. The van der Waals surface area contributed by atoms with Crippen molar-refractivity contribution in [1.82, 2.24) is 15.0 Å². The molecule has 0 saturated heterocycles. The molecule has 0 unspecified atom stereocenters. The van der Waals surface area contributed by atoms with Crippen LogP contribution in [0.4, 0.5) is 20.6 Å². The summed E-state index contributed by atoms with van der Waals surface area (Å²) < 4.78 is 14.6. The Morgan fingerprint density at radius 2 is 1.68 bits per heavy atom. The molecule has 0 bridgehead atoms. The van der Waals surface area contributed by atoms with Gasteiger partial charge < -0.3 is 15.6 Å². The van der Waals surface area contributed by atoms with E-state index in [1.54, 1.807) is 36.7 Å². The van der Waals surface area contributed by atoms with Gasteiger partial charge in [0.05, 0.1) is 27.1 Å². The number of benzene rings is 2. The lowest BCUT2D eigenvalue weighted by atomic mass is 9.96. The van der Waals surface area contributed by atoms with E-state index in [0.29, 0.717) is 27.0 Å². The number of aromatic nitrogens is 3. The Bertz CT molecular complexity index is 1350. The van der Waals surface area contributed by atoms with Crippen molar-refractivity contribution in [2.75, 3.05) is 10.6 Å². The Labute approximate surface area is 206 Å². The van der Waals surface area contributed by atoms with E-state index in [0.717, 1.165) is 17.1 Å². The van der Waals surface area contributed by atoms with E-state index in [2.05, 4.69) is 41.4 Å². The van der Waals surface area contributed by atoms with Gasteiger partial charge >= 0.3 is 6.03 Å². The maximum atomic E-state index is 14.6. The number of carbonyl (C=O) groups is 1. The second kappa shape index (κ2) is 9.44. The van der Waals surface area contributed by atoms with Gasteiger partial charge in [-0.15, -0.1) is 0 Å². The normalized spacial score (nSPS) is 11.4. The molecule has 0 atom stereocenters. The number of aromatic amines is 1. The van der Waals surface area contributed by atoms with Crippen LogP contribution in [0.5, 0.6) is 0 Å². The number of carbonyl (C=O) groups excluding carboxylic acids is 1. The number of amides is 2. The Kier molecular flexibility index (Phi) is 6.59. The molecule has 4 aromatic rings. The van der Waals surface area contributed by atoms with E-state index < -0.39 is 11.8 Å². The minimum atomic E-state index is -0.624. The van der Waals surface area contributed by atoms with Crippen LogP contribution < -0.4 is 10.6 Å². The summed E-state index contributed by atoms with van der Waals surface area (Å²) in [5.41, 5.74) is 3.16. The zero-order chi connectivity index (χ0) is 24.5. The molecular weight excluding hydrogens is 476 g/mol. The third-order valence-corrected chi connectivity index (χ3v) is 5.79. The van der Waals surface area contributed by atoms with E-state index in [1.807, 2.05) is 12.1 Å². The van der Waals surface area contributed by atoms with Crippen molar-refractivity contribution in [3.63, 3.8) is 0 Å². The molecule has 4 rings (SSSR count). The topological polar surface area (TPSA) is 82.7 Å². The second-order valence-corrected chi connectivity index (χ2v) is 9.51. The smallest absolute Gasteiger partial charge is 0.323 e. The van der Waals surface area contributed by atoms with E-state index >= 15 is 0 Å². The molecule has 2 aromatic heterocycles. The van der Waals surface area contributed by atoms with Crippen molar-refractivity contribution < 1.29 is 9.18 Å². The molecular formula is C25H22Cl2FN5O. The summed E-state index contributed by atoms with van der Waals surface area (Å²) in [4.78, 5) is 24.8. The minimum Gasteiger partial charge on any atom is -0.341 e. The molecule has 0 aliphatic heterocycles. The van der Waals surface area contributed by atoms with Crippen molar-refractivity contribution in [1.29, 1.82) is 0 Å². The van der Waals surface area contributed by atoms with Crippen LogP contribution in [0, 0.1) is 5.82 Å². The van der Waals surface area contributed by atoms with E-state index in [4.69, 9.17) is 28.2 Å². The largest absolute Gasteiger partial charge is 0.341 e. The van der Waals surface area contributed by atoms with Gasteiger partial charge in [-0.1, -0.05) is 44.0 Å². The zero-order valence-corrected chi connectivity index (χ0v) is 20.2. The van der Waals surface area contributed by atoms with Gasteiger partial charge in [-0.2, -0.15) is 0 Å². The van der Waals surface area contributed by atoms with Crippen molar-refractivity contribution in [3.05, 3.63) is 82.6 Å². The molecule has 0 aliphatic carbocycles. The number of halogens is 3. The van der Waals surface area contributed by atoms with Gasteiger partial charge in [0, 0.05) is 34.6 Å². The minimum absolute atomic E-state index is 0.0102. The Morgan fingerprint density at radius 1 is 0.941 bits per heavy atom. The number of rotatable bonds is 4. The van der Waals surface area contributed by atoms with Gasteiger partial charge in [0.25, 0.3) is 0 Å². The highest BCUT2D eigenvalue weighted by atomic mass is 35.5. The molecule has 2 heterocycles. The number of H-pyrrole nitrogens is 1. The van der Waals surface area contributed by atoms with Gasteiger partial charge in [0.1, 0.15) is 11.6 Å². The average molecular weight is 498 g/mol. The standard InChI is InChI=1S/C25H22Cl2FN5O/c1-25(2,3)23-32-21(14-8-10-29-11-9-14)22(33-23)15-4-7-19(28)20(12-15)31-24(34)30-16-5-6-17(26)18(27)13-16/h4-13H,1-3H3,(H,32,33)(H2,30,31,34). The first-order chi connectivity index (χ1) is 16.1. The van der Waals surface area contributed by atoms with Crippen LogP contribution in [0.25, 0.3) is 22.5 Å². The average Bonchev–Trinajstić information content (AvgIpc) is 3.25. The lowest BCUT2D eigenvalue weighted by Gasteiger charge is -2.14.